The molecular weight excluding hydrogens is 398 g/mol. The van der Waals surface area contributed by atoms with Gasteiger partial charge in [-0.25, -0.2) is 4.79 Å². The van der Waals surface area contributed by atoms with Gasteiger partial charge in [0.1, 0.15) is 25.3 Å². The summed E-state index contributed by atoms with van der Waals surface area (Å²) in [6.07, 6.45) is 0. The topological polar surface area (TPSA) is 97.0 Å². The van der Waals surface area contributed by atoms with Crippen LogP contribution in [0, 0.1) is 0 Å². The highest BCUT2D eigenvalue weighted by atomic mass is 16.6. The number of benzene rings is 2. The van der Waals surface area contributed by atoms with Crippen molar-refractivity contribution in [1.82, 2.24) is 15.5 Å². The Morgan fingerprint density at radius 1 is 1.13 bits per heavy atom. The van der Waals surface area contributed by atoms with Gasteiger partial charge >= 0.3 is 6.03 Å². The van der Waals surface area contributed by atoms with Gasteiger partial charge in [-0.2, -0.15) is 0 Å². The zero-order valence-corrected chi connectivity index (χ0v) is 17.5. The van der Waals surface area contributed by atoms with Crippen LogP contribution in [0.2, 0.25) is 0 Å². The molecule has 8 heteroatoms. The van der Waals surface area contributed by atoms with Crippen LogP contribution in [-0.4, -0.2) is 49.0 Å². The monoisotopic (exact) mass is 423 g/mol. The number of nitrogens with zero attached hydrogens (tertiary/aromatic N) is 1. The molecule has 1 fully saturated rings. The highest BCUT2D eigenvalue weighted by molar-refractivity contribution is 6.09. The van der Waals surface area contributed by atoms with Crippen LogP contribution in [0.5, 0.6) is 11.5 Å². The van der Waals surface area contributed by atoms with E-state index >= 15 is 0 Å². The number of fused-ring (bicyclic) bond motifs is 1. The summed E-state index contributed by atoms with van der Waals surface area (Å²) in [5.41, 5.74) is 0.379. The fourth-order valence-corrected chi connectivity index (χ4v) is 3.76. The van der Waals surface area contributed by atoms with E-state index in [9.17, 15) is 14.4 Å². The van der Waals surface area contributed by atoms with E-state index in [1.165, 1.54) is 0 Å². The molecule has 4 rings (SSSR count). The number of hydrogen-bond acceptors (Lipinski definition) is 5. The molecule has 2 aromatic carbocycles. The summed E-state index contributed by atoms with van der Waals surface area (Å²) in [7, 11) is 0. The van der Waals surface area contributed by atoms with Crippen LogP contribution in [0.15, 0.2) is 48.5 Å². The number of carbonyl (C=O) groups is 3. The number of imide groups is 1. The van der Waals surface area contributed by atoms with Crippen molar-refractivity contribution in [3.05, 3.63) is 59.7 Å². The average Bonchev–Trinajstić information content (AvgIpc) is 3.01. The lowest BCUT2D eigenvalue weighted by molar-refractivity contribution is -0.134. The first-order valence-electron chi connectivity index (χ1n) is 10.2. The molecule has 0 aliphatic carbocycles. The van der Waals surface area contributed by atoms with E-state index in [2.05, 4.69) is 10.6 Å². The number of ether oxygens (including phenoxy) is 2. The number of rotatable bonds is 6. The smallest absolute Gasteiger partial charge is 0.325 e. The standard InChI is InChI=1S/C23H25N3O5/c1-15(16-6-4-3-5-7-16)13-24-20(27)14-26-21(28)23(2,25-22(26)29)17-8-9-18-19(12-17)31-11-10-30-18/h3-9,12,15H,10-11,13-14H2,1-2H3,(H,24,27)(H,25,29)/t15-,23+/m1/s1. The Bertz CT molecular complexity index is 1010. The van der Waals surface area contributed by atoms with E-state index in [0.29, 0.717) is 36.8 Å². The zero-order chi connectivity index (χ0) is 22.0. The third-order valence-corrected chi connectivity index (χ3v) is 5.67. The van der Waals surface area contributed by atoms with Gasteiger partial charge in [0.25, 0.3) is 5.91 Å². The van der Waals surface area contributed by atoms with Crippen molar-refractivity contribution >= 4 is 17.8 Å². The van der Waals surface area contributed by atoms with Crippen LogP contribution in [0.3, 0.4) is 0 Å². The molecule has 0 bridgehead atoms. The molecule has 2 heterocycles. The Labute approximate surface area is 180 Å². The Kier molecular flexibility index (Phi) is 5.54. The van der Waals surface area contributed by atoms with Crippen molar-refractivity contribution in [2.24, 2.45) is 0 Å². The Morgan fingerprint density at radius 2 is 1.84 bits per heavy atom. The minimum atomic E-state index is -1.29. The highest BCUT2D eigenvalue weighted by Gasteiger charge is 2.49. The Balaban J connectivity index is 1.41. The van der Waals surface area contributed by atoms with Crippen molar-refractivity contribution in [3.8, 4) is 11.5 Å². The molecule has 2 aromatic rings. The van der Waals surface area contributed by atoms with E-state index in [1.807, 2.05) is 37.3 Å². The largest absolute Gasteiger partial charge is 0.486 e. The zero-order valence-electron chi connectivity index (χ0n) is 17.5. The number of carbonyl (C=O) groups excluding carboxylic acids is 3. The third-order valence-electron chi connectivity index (χ3n) is 5.67. The average molecular weight is 423 g/mol. The van der Waals surface area contributed by atoms with Crippen molar-refractivity contribution < 1.29 is 23.9 Å². The predicted octanol–water partition coefficient (Wildman–Crippen LogP) is 2.14. The second-order valence-corrected chi connectivity index (χ2v) is 7.92. The van der Waals surface area contributed by atoms with Crippen LogP contribution in [0.1, 0.15) is 30.9 Å². The van der Waals surface area contributed by atoms with Gasteiger partial charge in [0.2, 0.25) is 5.91 Å². The first kappa shape index (κ1) is 20.7. The summed E-state index contributed by atoms with van der Waals surface area (Å²) in [5, 5.41) is 5.52. The Hall–Kier alpha value is -3.55. The van der Waals surface area contributed by atoms with Crippen molar-refractivity contribution in [1.29, 1.82) is 0 Å². The Morgan fingerprint density at radius 3 is 2.58 bits per heavy atom. The molecule has 31 heavy (non-hydrogen) atoms. The van der Waals surface area contributed by atoms with Crippen LogP contribution in [0.4, 0.5) is 4.79 Å². The summed E-state index contributed by atoms with van der Waals surface area (Å²) < 4.78 is 11.1. The van der Waals surface area contributed by atoms with Crippen LogP contribution in [0.25, 0.3) is 0 Å². The van der Waals surface area contributed by atoms with Gasteiger partial charge in [0.05, 0.1) is 0 Å². The van der Waals surface area contributed by atoms with Gasteiger partial charge in [0.15, 0.2) is 11.5 Å². The summed E-state index contributed by atoms with van der Waals surface area (Å²) in [5.74, 6) is 0.353. The molecule has 2 aliphatic rings. The molecule has 162 valence electrons. The molecular formula is C23H25N3O5. The molecule has 1 saturated heterocycles. The normalized spacial score (nSPS) is 20.9. The number of hydrogen-bond donors (Lipinski definition) is 2. The molecule has 0 radical (unpaired) electrons. The fourth-order valence-electron chi connectivity index (χ4n) is 3.76. The molecule has 0 unspecified atom stereocenters. The number of amides is 4. The van der Waals surface area contributed by atoms with Crippen molar-refractivity contribution in [2.75, 3.05) is 26.3 Å². The molecule has 4 amide bonds. The second kappa shape index (κ2) is 8.29. The SMILES string of the molecule is C[C@H](CNC(=O)CN1C(=O)N[C@@](C)(c2ccc3c(c2)OCCO3)C1=O)c1ccccc1. The van der Waals surface area contributed by atoms with Gasteiger partial charge in [0, 0.05) is 6.54 Å². The van der Waals surface area contributed by atoms with E-state index in [4.69, 9.17) is 9.47 Å². The van der Waals surface area contributed by atoms with Gasteiger partial charge in [-0.1, -0.05) is 43.3 Å². The van der Waals surface area contributed by atoms with Crippen molar-refractivity contribution in [3.63, 3.8) is 0 Å². The fraction of sp³-hybridized carbons (Fsp3) is 0.348. The maximum atomic E-state index is 13.1. The quantitative estimate of drug-likeness (QED) is 0.694. The molecule has 0 saturated carbocycles. The highest BCUT2D eigenvalue weighted by Crippen LogP contribution is 2.36. The molecule has 2 atom stereocenters. The van der Waals surface area contributed by atoms with Gasteiger partial charge in [-0.3, -0.25) is 14.5 Å². The second-order valence-electron chi connectivity index (χ2n) is 7.92. The third kappa shape index (κ3) is 4.05. The summed E-state index contributed by atoms with van der Waals surface area (Å²) in [6, 6.07) is 14.3. The summed E-state index contributed by atoms with van der Waals surface area (Å²) in [6.45, 7) is 4.57. The molecule has 0 aromatic heterocycles. The van der Waals surface area contributed by atoms with Crippen LogP contribution < -0.4 is 20.1 Å². The minimum Gasteiger partial charge on any atom is -0.486 e. The first-order chi connectivity index (χ1) is 14.9. The van der Waals surface area contributed by atoms with Gasteiger partial charge < -0.3 is 20.1 Å². The van der Waals surface area contributed by atoms with Gasteiger partial charge in [-0.05, 0) is 36.1 Å². The van der Waals surface area contributed by atoms with Gasteiger partial charge in [-0.15, -0.1) is 0 Å². The van der Waals surface area contributed by atoms with Crippen LogP contribution >= 0.6 is 0 Å². The van der Waals surface area contributed by atoms with Crippen LogP contribution in [-0.2, 0) is 15.1 Å². The number of nitrogens with one attached hydrogen (secondary N) is 2. The minimum absolute atomic E-state index is 0.108. The summed E-state index contributed by atoms with van der Waals surface area (Å²) in [4.78, 5) is 39.0. The molecule has 0 spiro atoms. The maximum absolute atomic E-state index is 13.1. The lowest BCUT2D eigenvalue weighted by Crippen LogP contribution is -2.43. The van der Waals surface area contributed by atoms with E-state index in [0.717, 1.165) is 10.5 Å². The first-order valence-corrected chi connectivity index (χ1v) is 10.2. The molecule has 2 N–H and O–H groups in total. The van der Waals surface area contributed by atoms with E-state index in [1.54, 1.807) is 25.1 Å². The lowest BCUT2D eigenvalue weighted by atomic mass is 9.91. The van der Waals surface area contributed by atoms with E-state index in [-0.39, 0.29) is 12.5 Å². The van der Waals surface area contributed by atoms with E-state index < -0.39 is 23.4 Å². The summed E-state index contributed by atoms with van der Waals surface area (Å²) >= 11 is 0. The maximum Gasteiger partial charge on any atom is 0.325 e. The lowest BCUT2D eigenvalue weighted by Gasteiger charge is -2.25. The molecule has 2 aliphatic heterocycles. The van der Waals surface area contributed by atoms with Crippen molar-refractivity contribution in [2.45, 2.75) is 25.3 Å². The predicted molar refractivity (Wildman–Crippen MR) is 113 cm³/mol. The number of urea groups is 1. The molecule has 8 nitrogen and oxygen atoms in total.